The summed E-state index contributed by atoms with van der Waals surface area (Å²) < 4.78 is 23.4. The predicted octanol–water partition coefficient (Wildman–Crippen LogP) is 3.24. The Bertz CT molecular complexity index is 883. The summed E-state index contributed by atoms with van der Waals surface area (Å²) in [6, 6.07) is 14.4. The van der Waals surface area contributed by atoms with Crippen molar-refractivity contribution in [1.29, 1.82) is 0 Å². The molecule has 1 aliphatic heterocycles. The summed E-state index contributed by atoms with van der Waals surface area (Å²) in [6.07, 6.45) is 0.676. The lowest BCUT2D eigenvalue weighted by Gasteiger charge is -2.26. The van der Waals surface area contributed by atoms with E-state index in [1.165, 1.54) is 0 Å². The Labute approximate surface area is 164 Å². The smallest absolute Gasteiger partial charge is 0.319 e. The van der Waals surface area contributed by atoms with Gasteiger partial charge in [-0.05, 0) is 41.8 Å². The molecule has 8 heteroatoms. The van der Waals surface area contributed by atoms with Crippen LogP contribution in [0.4, 0.5) is 10.5 Å². The van der Waals surface area contributed by atoms with E-state index in [0.29, 0.717) is 30.2 Å². The van der Waals surface area contributed by atoms with Gasteiger partial charge in [-0.1, -0.05) is 35.9 Å². The number of hydrogen-bond donors (Lipinski definition) is 2. The minimum Gasteiger partial charge on any atom is -0.334 e. The average Bonchev–Trinajstić information content (AvgIpc) is 2.62. The van der Waals surface area contributed by atoms with Crippen molar-refractivity contribution < 1.29 is 13.2 Å². The fourth-order valence-corrected chi connectivity index (χ4v) is 4.55. The van der Waals surface area contributed by atoms with Crippen molar-refractivity contribution in [3.05, 3.63) is 64.7 Å². The molecule has 2 aromatic carbocycles. The van der Waals surface area contributed by atoms with Crippen molar-refractivity contribution in [3.8, 4) is 0 Å². The largest absolute Gasteiger partial charge is 0.334 e. The number of carbonyl (C=O) groups is 1. The number of sulfone groups is 1. The Kier molecular flexibility index (Phi) is 6.36. The number of nitrogens with zero attached hydrogens (tertiary/aromatic N) is 1. The van der Waals surface area contributed by atoms with Gasteiger partial charge in [0.05, 0.1) is 5.75 Å². The van der Waals surface area contributed by atoms with Gasteiger partial charge in [0.1, 0.15) is 5.88 Å². The molecule has 0 aromatic heterocycles. The first-order valence-electron chi connectivity index (χ1n) is 8.71. The van der Waals surface area contributed by atoms with Crippen molar-refractivity contribution in [1.82, 2.24) is 10.2 Å². The summed E-state index contributed by atoms with van der Waals surface area (Å²) in [4.78, 5) is 13.9. The van der Waals surface area contributed by atoms with Gasteiger partial charge in [0.25, 0.3) is 0 Å². The quantitative estimate of drug-likeness (QED) is 0.797. The van der Waals surface area contributed by atoms with Gasteiger partial charge in [0.15, 0.2) is 9.84 Å². The van der Waals surface area contributed by atoms with E-state index in [-0.39, 0.29) is 17.7 Å². The Morgan fingerprint density at radius 2 is 1.70 bits per heavy atom. The maximum absolute atomic E-state index is 12.0. The lowest BCUT2D eigenvalue weighted by Crippen LogP contribution is -2.37. The topological polar surface area (TPSA) is 78.5 Å². The number of urea groups is 1. The van der Waals surface area contributed by atoms with Gasteiger partial charge in [-0.15, -0.1) is 0 Å². The van der Waals surface area contributed by atoms with Gasteiger partial charge < -0.3 is 10.6 Å². The summed E-state index contributed by atoms with van der Waals surface area (Å²) in [5.41, 5.74) is 2.65. The van der Waals surface area contributed by atoms with E-state index in [4.69, 9.17) is 11.6 Å². The number of anilines is 1. The van der Waals surface area contributed by atoms with E-state index in [0.717, 1.165) is 17.7 Å². The van der Waals surface area contributed by atoms with Crippen LogP contribution in [-0.4, -0.2) is 37.5 Å². The van der Waals surface area contributed by atoms with Crippen LogP contribution in [0.5, 0.6) is 0 Å². The Balaban J connectivity index is 1.48. The second kappa shape index (κ2) is 8.73. The predicted molar refractivity (Wildman–Crippen MR) is 107 cm³/mol. The highest BCUT2D eigenvalue weighted by atomic mass is 35.5. The lowest BCUT2D eigenvalue weighted by atomic mass is 10.2. The maximum atomic E-state index is 12.0. The zero-order valence-electron chi connectivity index (χ0n) is 14.8. The van der Waals surface area contributed by atoms with Crippen LogP contribution in [-0.2, 0) is 22.9 Å². The third-order valence-corrected chi connectivity index (χ3v) is 6.21. The Hall–Kier alpha value is -2.09. The molecule has 0 atom stereocenters. The van der Waals surface area contributed by atoms with Crippen molar-refractivity contribution in [2.45, 2.75) is 19.5 Å². The molecule has 0 unspecified atom stereocenters. The molecule has 1 aliphatic rings. The van der Waals surface area contributed by atoms with Crippen LogP contribution in [0.3, 0.4) is 0 Å². The van der Waals surface area contributed by atoms with E-state index in [9.17, 15) is 13.2 Å². The first-order chi connectivity index (χ1) is 12.9. The summed E-state index contributed by atoms with van der Waals surface area (Å²) in [7, 11) is -2.95. The summed E-state index contributed by atoms with van der Waals surface area (Å²) in [5.74, 6) is 0.387. The fourth-order valence-electron chi connectivity index (χ4n) is 2.95. The summed E-state index contributed by atoms with van der Waals surface area (Å²) >= 11 is 5.84. The summed E-state index contributed by atoms with van der Waals surface area (Å²) in [5, 5.41) is 6.23. The number of amides is 2. The number of benzene rings is 2. The maximum Gasteiger partial charge on any atom is 0.319 e. The van der Waals surface area contributed by atoms with E-state index in [2.05, 4.69) is 10.6 Å². The number of rotatable bonds is 5. The first-order valence-corrected chi connectivity index (χ1v) is 10.9. The third kappa shape index (κ3) is 6.23. The fraction of sp³-hybridized carbons (Fsp3) is 0.316. The second-order valence-electron chi connectivity index (χ2n) is 6.61. The molecular formula is C19H22ClN3O3S. The van der Waals surface area contributed by atoms with Crippen molar-refractivity contribution in [3.63, 3.8) is 0 Å². The zero-order valence-corrected chi connectivity index (χ0v) is 16.4. The van der Waals surface area contributed by atoms with E-state index in [1.54, 1.807) is 12.1 Å². The average molecular weight is 408 g/mol. The molecule has 0 radical (unpaired) electrons. The van der Waals surface area contributed by atoms with Crippen LogP contribution >= 0.6 is 11.6 Å². The molecule has 1 saturated heterocycles. The molecule has 3 rings (SSSR count). The molecule has 2 amide bonds. The van der Waals surface area contributed by atoms with Crippen LogP contribution in [0.25, 0.3) is 0 Å². The monoisotopic (exact) mass is 407 g/mol. The van der Waals surface area contributed by atoms with Crippen molar-refractivity contribution >= 4 is 33.2 Å². The second-order valence-corrected chi connectivity index (χ2v) is 9.20. The molecule has 0 saturated carbocycles. The first kappa shape index (κ1) is 19.7. The minimum absolute atomic E-state index is 0.111. The molecule has 1 heterocycles. The molecule has 2 aromatic rings. The van der Waals surface area contributed by atoms with Crippen LogP contribution in [0.2, 0.25) is 5.02 Å². The lowest BCUT2D eigenvalue weighted by molar-refractivity contribution is 0.251. The molecule has 2 N–H and O–H groups in total. The van der Waals surface area contributed by atoms with E-state index >= 15 is 0 Å². The molecule has 0 bridgehead atoms. The highest BCUT2D eigenvalue weighted by molar-refractivity contribution is 7.91. The third-order valence-electron chi connectivity index (χ3n) is 4.29. The highest BCUT2D eigenvalue weighted by Crippen LogP contribution is 2.15. The molecule has 0 aliphatic carbocycles. The number of nitrogens with one attached hydrogen (secondary N) is 2. The number of carbonyl (C=O) groups excluding carboxylic acids is 1. The van der Waals surface area contributed by atoms with Gasteiger partial charge in [0, 0.05) is 30.3 Å². The molecule has 6 nitrogen and oxygen atoms in total. The van der Waals surface area contributed by atoms with Gasteiger partial charge in [-0.3, -0.25) is 4.90 Å². The number of hydrogen-bond acceptors (Lipinski definition) is 4. The van der Waals surface area contributed by atoms with Crippen LogP contribution in [0.1, 0.15) is 17.5 Å². The Morgan fingerprint density at radius 3 is 2.37 bits per heavy atom. The van der Waals surface area contributed by atoms with E-state index in [1.807, 2.05) is 41.3 Å². The van der Waals surface area contributed by atoms with Crippen molar-refractivity contribution in [2.24, 2.45) is 0 Å². The van der Waals surface area contributed by atoms with Gasteiger partial charge in [-0.25, -0.2) is 13.2 Å². The molecule has 144 valence electrons. The van der Waals surface area contributed by atoms with Crippen LogP contribution < -0.4 is 10.6 Å². The van der Waals surface area contributed by atoms with Gasteiger partial charge in [-0.2, -0.15) is 0 Å². The SMILES string of the molecule is O=C(NCc1ccc(Cl)cc1)Nc1ccc(CN2CCCS(=O)(=O)C2)cc1. The molecule has 27 heavy (non-hydrogen) atoms. The van der Waals surface area contributed by atoms with E-state index < -0.39 is 9.84 Å². The molecular weight excluding hydrogens is 386 g/mol. The molecule has 0 spiro atoms. The minimum atomic E-state index is -2.95. The van der Waals surface area contributed by atoms with Crippen LogP contribution in [0, 0.1) is 0 Å². The van der Waals surface area contributed by atoms with Gasteiger partial charge in [0.2, 0.25) is 0 Å². The standard InChI is InChI=1S/C19H22ClN3O3S/c20-17-6-2-15(3-7-17)12-21-19(24)22-18-8-4-16(5-9-18)13-23-10-1-11-27(25,26)14-23/h2-9H,1,10-14H2,(H2,21,22,24). The van der Waals surface area contributed by atoms with Crippen LogP contribution in [0.15, 0.2) is 48.5 Å². The highest BCUT2D eigenvalue weighted by Gasteiger charge is 2.22. The normalized spacial score (nSPS) is 16.6. The number of halogens is 1. The Morgan fingerprint density at radius 1 is 1.04 bits per heavy atom. The summed E-state index contributed by atoms with van der Waals surface area (Å²) in [6.45, 7) is 1.78. The van der Waals surface area contributed by atoms with Gasteiger partial charge >= 0.3 is 6.03 Å². The molecule has 1 fully saturated rings. The zero-order chi connectivity index (χ0) is 19.3. The van der Waals surface area contributed by atoms with Crippen molar-refractivity contribution in [2.75, 3.05) is 23.5 Å².